The van der Waals surface area contributed by atoms with E-state index in [0.29, 0.717) is 16.3 Å². The number of aliphatic carboxylic acids is 1. The zero-order valence-electron chi connectivity index (χ0n) is 20.6. The van der Waals surface area contributed by atoms with Crippen molar-refractivity contribution in [1.82, 2.24) is 9.78 Å². The van der Waals surface area contributed by atoms with Gasteiger partial charge in [-0.15, -0.1) is 0 Å². The van der Waals surface area contributed by atoms with E-state index in [9.17, 15) is 36.7 Å². The molecular weight excluding hydrogens is 566 g/mol. The molecule has 1 heterocycles. The number of nitrogens with zero attached hydrogens (tertiary/aromatic N) is 2. The van der Waals surface area contributed by atoms with Gasteiger partial charge in [0.25, 0.3) is 11.5 Å². The highest BCUT2D eigenvalue weighted by molar-refractivity contribution is 6.32. The van der Waals surface area contributed by atoms with Gasteiger partial charge in [-0.05, 0) is 42.3 Å². The van der Waals surface area contributed by atoms with Crippen LogP contribution in [0.15, 0.2) is 47.4 Å². The minimum absolute atomic E-state index is 0.00978. The number of aryl methyl sites for hydroxylation is 1. The summed E-state index contributed by atoms with van der Waals surface area (Å²) in [4.78, 5) is 47.4. The Morgan fingerprint density at radius 1 is 1.10 bits per heavy atom. The molecule has 1 aromatic heterocycles. The first kappa shape index (κ1) is 30.1. The quantitative estimate of drug-likeness (QED) is 0.250. The number of halogens is 5. The van der Waals surface area contributed by atoms with Crippen molar-refractivity contribution in [2.75, 3.05) is 5.32 Å². The van der Waals surface area contributed by atoms with E-state index in [0.717, 1.165) is 30.5 Å². The summed E-state index contributed by atoms with van der Waals surface area (Å²) in [5.74, 6) is -4.22. The molecule has 2 aromatic carbocycles. The van der Waals surface area contributed by atoms with Gasteiger partial charge in [-0.3, -0.25) is 19.2 Å². The second-order valence-electron chi connectivity index (χ2n) is 8.11. The molecule has 0 saturated carbocycles. The standard InChI is InChI=1S/C25H20ClF4N3O7/c1-2-13-7-14(27)3-4-19(13)40-20-10-17(25(28,29)30)18(26)9-16(20)24(38)32-15-8-21(34)33(31-11-15)12-39-23(37)6-5-22(35)36/h3-4,7-11H,2,5-6,12H2,1H3,(H,32,38)(H,35,36). The zero-order chi connectivity index (χ0) is 29.6. The monoisotopic (exact) mass is 585 g/mol. The lowest BCUT2D eigenvalue weighted by Gasteiger charge is -2.17. The molecule has 0 unspecified atom stereocenters. The number of rotatable bonds is 10. The summed E-state index contributed by atoms with van der Waals surface area (Å²) < 4.78 is 65.3. The topological polar surface area (TPSA) is 137 Å². The molecule has 0 aliphatic carbocycles. The second-order valence-corrected chi connectivity index (χ2v) is 8.52. The molecule has 0 atom stereocenters. The Morgan fingerprint density at radius 2 is 1.82 bits per heavy atom. The molecule has 0 bridgehead atoms. The molecule has 10 nitrogen and oxygen atoms in total. The summed E-state index contributed by atoms with van der Waals surface area (Å²) in [6, 6.07) is 5.57. The number of carboxylic acids is 1. The molecule has 0 fully saturated rings. The van der Waals surface area contributed by atoms with Crippen molar-refractivity contribution < 1.29 is 46.5 Å². The molecule has 0 radical (unpaired) electrons. The van der Waals surface area contributed by atoms with E-state index in [2.05, 4.69) is 10.4 Å². The van der Waals surface area contributed by atoms with Crippen LogP contribution in [-0.2, 0) is 33.7 Å². The van der Waals surface area contributed by atoms with Crippen LogP contribution in [0.1, 0.15) is 41.3 Å². The minimum atomic E-state index is -4.88. The van der Waals surface area contributed by atoms with Crippen LogP contribution in [0.4, 0.5) is 23.2 Å². The molecule has 0 aliphatic rings. The largest absolute Gasteiger partial charge is 0.481 e. The van der Waals surface area contributed by atoms with Gasteiger partial charge in [0.15, 0.2) is 6.73 Å². The van der Waals surface area contributed by atoms with Crippen LogP contribution in [0.5, 0.6) is 11.5 Å². The summed E-state index contributed by atoms with van der Waals surface area (Å²) >= 11 is 5.82. The molecule has 40 heavy (non-hydrogen) atoms. The third-order valence-corrected chi connectivity index (χ3v) is 5.57. The maximum Gasteiger partial charge on any atom is 0.417 e. The average molecular weight is 586 g/mol. The number of amides is 1. The Bertz CT molecular complexity index is 1510. The van der Waals surface area contributed by atoms with Crippen molar-refractivity contribution in [3.8, 4) is 11.5 Å². The van der Waals surface area contributed by atoms with Gasteiger partial charge in [-0.25, -0.2) is 4.39 Å². The molecule has 3 aromatic rings. The molecule has 2 N–H and O–H groups in total. The lowest BCUT2D eigenvalue weighted by atomic mass is 10.1. The Balaban J connectivity index is 1.87. The molecule has 3 rings (SSSR count). The van der Waals surface area contributed by atoms with Crippen LogP contribution < -0.4 is 15.6 Å². The molecule has 15 heteroatoms. The number of benzene rings is 2. The Morgan fingerprint density at radius 3 is 2.45 bits per heavy atom. The van der Waals surface area contributed by atoms with Crippen molar-refractivity contribution in [3.63, 3.8) is 0 Å². The summed E-state index contributed by atoms with van der Waals surface area (Å²) in [5.41, 5.74) is -2.37. The number of carboxylic acid groups (broad SMARTS) is 1. The fourth-order valence-electron chi connectivity index (χ4n) is 3.29. The van der Waals surface area contributed by atoms with E-state index >= 15 is 0 Å². The molecule has 0 saturated heterocycles. The Kier molecular flexibility index (Phi) is 9.47. The second kappa shape index (κ2) is 12.6. The number of aromatic nitrogens is 2. The van der Waals surface area contributed by atoms with Crippen molar-refractivity contribution in [3.05, 3.63) is 80.5 Å². The zero-order valence-corrected chi connectivity index (χ0v) is 21.3. The van der Waals surface area contributed by atoms with E-state index in [1.54, 1.807) is 6.92 Å². The minimum Gasteiger partial charge on any atom is -0.481 e. The van der Waals surface area contributed by atoms with Crippen LogP contribution in [0, 0.1) is 5.82 Å². The maximum atomic E-state index is 13.6. The van der Waals surface area contributed by atoms with Crippen LogP contribution >= 0.6 is 11.6 Å². The van der Waals surface area contributed by atoms with Gasteiger partial charge in [0.1, 0.15) is 17.3 Å². The number of carbonyl (C=O) groups is 3. The first-order valence-corrected chi connectivity index (χ1v) is 11.8. The van der Waals surface area contributed by atoms with Gasteiger partial charge >= 0.3 is 18.1 Å². The number of ether oxygens (including phenoxy) is 2. The molecule has 0 spiro atoms. The number of nitrogens with one attached hydrogen (secondary N) is 1. The number of esters is 1. The molecule has 212 valence electrons. The van der Waals surface area contributed by atoms with E-state index in [1.807, 2.05) is 0 Å². The average Bonchev–Trinajstić information content (AvgIpc) is 2.87. The first-order chi connectivity index (χ1) is 18.8. The van der Waals surface area contributed by atoms with Crippen molar-refractivity contribution in [2.24, 2.45) is 0 Å². The van der Waals surface area contributed by atoms with Crippen LogP contribution in [-0.4, -0.2) is 32.7 Å². The van der Waals surface area contributed by atoms with Crippen molar-refractivity contribution in [2.45, 2.75) is 39.1 Å². The lowest BCUT2D eigenvalue weighted by Crippen LogP contribution is -2.26. The predicted octanol–water partition coefficient (Wildman–Crippen LogP) is 5.03. The van der Waals surface area contributed by atoms with E-state index in [-0.39, 0.29) is 17.9 Å². The van der Waals surface area contributed by atoms with Gasteiger partial charge in [0.05, 0.1) is 40.9 Å². The normalized spacial score (nSPS) is 11.2. The van der Waals surface area contributed by atoms with Crippen molar-refractivity contribution in [1.29, 1.82) is 0 Å². The van der Waals surface area contributed by atoms with Gasteiger partial charge < -0.3 is 19.9 Å². The van der Waals surface area contributed by atoms with Crippen molar-refractivity contribution >= 4 is 35.1 Å². The fraction of sp³-hybridized carbons (Fsp3) is 0.240. The highest BCUT2D eigenvalue weighted by atomic mass is 35.5. The number of carbonyl (C=O) groups excluding carboxylic acids is 2. The van der Waals surface area contributed by atoms with Gasteiger partial charge in [0, 0.05) is 6.07 Å². The summed E-state index contributed by atoms with van der Waals surface area (Å²) in [6.07, 6.45) is -4.49. The molecule has 1 amide bonds. The maximum absolute atomic E-state index is 13.6. The third-order valence-electron chi connectivity index (χ3n) is 5.26. The summed E-state index contributed by atoms with van der Waals surface area (Å²) in [5, 5.41) is 13.8. The van der Waals surface area contributed by atoms with Gasteiger partial charge in [-0.1, -0.05) is 18.5 Å². The SMILES string of the molecule is CCc1cc(F)ccc1Oc1cc(C(F)(F)F)c(Cl)cc1C(=O)Nc1cnn(COC(=O)CCC(=O)O)c(=O)c1. The number of hydrogen-bond donors (Lipinski definition) is 2. The Labute approximate surface area is 228 Å². The van der Waals surface area contributed by atoms with E-state index in [1.165, 1.54) is 6.07 Å². The first-order valence-electron chi connectivity index (χ1n) is 11.4. The smallest absolute Gasteiger partial charge is 0.417 e. The molecular formula is C25H20ClF4N3O7. The van der Waals surface area contributed by atoms with E-state index < -0.39 is 76.9 Å². The lowest BCUT2D eigenvalue weighted by molar-refractivity contribution is -0.151. The fourth-order valence-corrected chi connectivity index (χ4v) is 3.56. The Hall–Kier alpha value is -4.46. The van der Waals surface area contributed by atoms with Crippen LogP contribution in [0.2, 0.25) is 5.02 Å². The number of alkyl halides is 3. The number of hydrogen-bond acceptors (Lipinski definition) is 7. The highest BCUT2D eigenvalue weighted by Gasteiger charge is 2.35. The van der Waals surface area contributed by atoms with Gasteiger partial charge in [-0.2, -0.15) is 23.0 Å². The summed E-state index contributed by atoms with van der Waals surface area (Å²) in [7, 11) is 0. The van der Waals surface area contributed by atoms with E-state index in [4.69, 9.17) is 26.2 Å². The third kappa shape index (κ3) is 7.79. The number of anilines is 1. The van der Waals surface area contributed by atoms with Gasteiger partial charge in [0.2, 0.25) is 0 Å². The van der Waals surface area contributed by atoms with Crippen LogP contribution in [0.25, 0.3) is 0 Å². The van der Waals surface area contributed by atoms with Crippen LogP contribution in [0.3, 0.4) is 0 Å². The predicted molar refractivity (Wildman–Crippen MR) is 132 cm³/mol. The highest BCUT2D eigenvalue weighted by Crippen LogP contribution is 2.40. The molecule has 0 aliphatic heterocycles. The summed E-state index contributed by atoms with van der Waals surface area (Å²) in [6.45, 7) is 1.04.